The molecule has 0 aliphatic carbocycles. The van der Waals surface area contributed by atoms with Crippen LogP contribution < -0.4 is 4.74 Å². The number of hydrogen-bond donors (Lipinski definition) is 0. The summed E-state index contributed by atoms with van der Waals surface area (Å²) in [5.41, 5.74) is 0.332. The van der Waals surface area contributed by atoms with Crippen molar-refractivity contribution < 1.29 is 9.53 Å². The molecule has 0 unspecified atom stereocenters. The molecule has 1 aromatic rings. The number of amides is 1. The first-order valence-corrected chi connectivity index (χ1v) is 5.95. The third-order valence-electron chi connectivity index (χ3n) is 2.38. The lowest BCUT2D eigenvalue weighted by molar-refractivity contribution is -0.128. The van der Waals surface area contributed by atoms with E-state index in [1.807, 2.05) is 6.07 Å². The normalized spacial score (nSPS) is 9.67. The Kier molecular flexibility index (Phi) is 5.47. The van der Waals surface area contributed by atoms with Crippen molar-refractivity contribution in [1.29, 1.82) is 5.26 Å². The molecule has 0 atom stereocenters. The molecule has 96 valence electrons. The van der Waals surface area contributed by atoms with E-state index >= 15 is 0 Å². The number of hydrogen-bond acceptors (Lipinski definition) is 3. The summed E-state index contributed by atoms with van der Waals surface area (Å²) in [7, 11) is 3.43. The summed E-state index contributed by atoms with van der Waals surface area (Å²) in [6, 6.07) is 7.06. The van der Waals surface area contributed by atoms with E-state index in [1.54, 1.807) is 37.2 Å². The Morgan fingerprint density at radius 3 is 2.83 bits per heavy atom. The number of benzene rings is 1. The van der Waals surface area contributed by atoms with Crippen LogP contribution in [-0.2, 0) is 4.79 Å². The molecule has 0 fully saturated rings. The van der Waals surface area contributed by atoms with Crippen molar-refractivity contribution >= 4 is 17.5 Å². The molecule has 0 N–H and O–H groups in total. The molecule has 1 amide bonds. The fraction of sp³-hybridized carbons (Fsp3) is 0.385. The zero-order valence-electron chi connectivity index (χ0n) is 10.4. The minimum atomic E-state index is 0.0604. The predicted octanol–water partition coefficient (Wildman–Crippen LogP) is 2.46. The van der Waals surface area contributed by atoms with E-state index < -0.39 is 0 Å². The van der Waals surface area contributed by atoms with Crippen LogP contribution in [0.1, 0.15) is 18.4 Å². The molecule has 4 nitrogen and oxygen atoms in total. The van der Waals surface area contributed by atoms with Gasteiger partial charge >= 0.3 is 0 Å². The van der Waals surface area contributed by atoms with Gasteiger partial charge in [-0.3, -0.25) is 4.79 Å². The van der Waals surface area contributed by atoms with Gasteiger partial charge in [0.05, 0.1) is 11.6 Å². The average molecular weight is 267 g/mol. The number of carbonyl (C=O) groups excluding carboxylic acids is 1. The highest BCUT2D eigenvalue weighted by Crippen LogP contribution is 2.25. The van der Waals surface area contributed by atoms with Crippen LogP contribution in [0.4, 0.5) is 0 Å². The highest BCUT2D eigenvalue weighted by Gasteiger charge is 2.08. The molecule has 0 heterocycles. The molecular weight excluding hydrogens is 252 g/mol. The van der Waals surface area contributed by atoms with Crippen LogP contribution in [0.5, 0.6) is 5.75 Å². The molecule has 0 spiro atoms. The lowest BCUT2D eigenvalue weighted by Crippen LogP contribution is -2.21. The number of ether oxygens (including phenoxy) is 1. The monoisotopic (exact) mass is 266 g/mol. The second kappa shape index (κ2) is 6.87. The van der Waals surface area contributed by atoms with Crippen LogP contribution in [0.2, 0.25) is 5.02 Å². The van der Waals surface area contributed by atoms with Crippen molar-refractivity contribution in [3.05, 3.63) is 28.8 Å². The Bertz CT molecular complexity index is 467. The zero-order chi connectivity index (χ0) is 13.5. The summed E-state index contributed by atoms with van der Waals surface area (Å²) >= 11 is 5.87. The Labute approximate surface area is 112 Å². The molecule has 0 aliphatic rings. The number of nitrogens with zero attached hydrogens (tertiary/aromatic N) is 2. The Hall–Kier alpha value is -1.73. The average Bonchev–Trinajstić information content (AvgIpc) is 2.34. The molecule has 1 aromatic carbocycles. The molecule has 0 aromatic heterocycles. The first kappa shape index (κ1) is 14.3. The number of halogens is 1. The van der Waals surface area contributed by atoms with Crippen LogP contribution in [0.25, 0.3) is 0 Å². The lowest BCUT2D eigenvalue weighted by Gasteiger charge is -2.11. The molecular formula is C13H15ClN2O2. The van der Waals surface area contributed by atoms with Gasteiger partial charge in [0, 0.05) is 20.5 Å². The minimum Gasteiger partial charge on any atom is -0.492 e. The highest BCUT2D eigenvalue weighted by molar-refractivity contribution is 6.31. The maximum absolute atomic E-state index is 11.3. The third kappa shape index (κ3) is 3.94. The van der Waals surface area contributed by atoms with Gasteiger partial charge in [-0.05, 0) is 18.6 Å². The van der Waals surface area contributed by atoms with E-state index in [4.69, 9.17) is 21.6 Å². The van der Waals surface area contributed by atoms with Crippen LogP contribution in [0, 0.1) is 11.3 Å². The molecule has 0 saturated heterocycles. The van der Waals surface area contributed by atoms with E-state index in [2.05, 4.69) is 0 Å². The first-order valence-electron chi connectivity index (χ1n) is 5.58. The predicted molar refractivity (Wildman–Crippen MR) is 69.6 cm³/mol. The fourth-order valence-corrected chi connectivity index (χ4v) is 1.57. The van der Waals surface area contributed by atoms with Gasteiger partial charge in [0.2, 0.25) is 5.91 Å². The van der Waals surface area contributed by atoms with Gasteiger partial charge in [-0.1, -0.05) is 17.7 Å². The fourth-order valence-electron chi connectivity index (χ4n) is 1.36. The Morgan fingerprint density at radius 2 is 2.22 bits per heavy atom. The van der Waals surface area contributed by atoms with Crippen LogP contribution >= 0.6 is 11.6 Å². The number of carbonyl (C=O) groups is 1. The van der Waals surface area contributed by atoms with Gasteiger partial charge < -0.3 is 9.64 Å². The van der Waals surface area contributed by atoms with E-state index in [-0.39, 0.29) is 5.91 Å². The number of rotatable bonds is 5. The van der Waals surface area contributed by atoms with Gasteiger partial charge in [0.1, 0.15) is 17.4 Å². The zero-order valence-corrected chi connectivity index (χ0v) is 11.2. The number of nitriles is 1. The van der Waals surface area contributed by atoms with E-state index in [0.717, 1.165) is 0 Å². The van der Waals surface area contributed by atoms with E-state index in [0.29, 0.717) is 35.8 Å². The summed E-state index contributed by atoms with van der Waals surface area (Å²) in [5.74, 6) is 0.521. The maximum atomic E-state index is 11.3. The Morgan fingerprint density at radius 1 is 1.50 bits per heavy atom. The molecule has 1 rings (SSSR count). The summed E-state index contributed by atoms with van der Waals surface area (Å²) in [6.45, 7) is 0.384. The van der Waals surface area contributed by atoms with Crippen molar-refractivity contribution in [3.63, 3.8) is 0 Å². The van der Waals surface area contributed by atoms with Crippen LogP contribution in [0.15, 0.2) is 18.2 Å². The highest BCUT2D eigenvalue weighted by atomic mass is 35.5. The van der Waals surface area contributed by atoms with Gasteiger partial charge in [0.15, 0.2) is 0 Å². The van der Waals surface area contributed by atoms with Crippen molar-refractivity contribution in [1.82, 2.24) is 4.90 Å². The van der Waals surface area contributed by atoms with Crippen molar-refractivity contribution in [2.24, 2.45) is 0 Å². The second-order valence-corrected chi connectivity index (χ2v) is 4.37. The molecule has 5 heteroatoms. The van der Waals surface area contributed by atoms with Crippen molar-refractivity contribution in [2.45, 2.75) is 12.8 Å². The smallest absolute Gasteiger partial charge is 0.222 e. The van der Waals surface area contributed by atoms with Gasteiger partial charge in [-0.25, -0.2) is 0 Å². The minimum absolute atomic E-state index is 0.0604. The SMILES string of the molecule is CN(C)C(=O)CCCOc1cccc(Cl)c1C#N. The summed E-state index contributed by atoms with van der Waals surface area (Å²) in [6.07, 6.45) is 1.03. The summed E-state index contributed by atoms with van der Waals surface area (Å²) in [5, 5.41) is 9.32. The van der Waals surface area contributed by atoms with Crippen molar-refractivity contribution in [2.75, 3.05) is 20.7 Å². The summed E-state index contributed by atoms with van der Waals surface area (Å²) < 4.78 is 5.46. The Balaban J connectivity index is 2.48. The first-order chi connectivity index (χ1) is 8.56. The third-order valence-corrected chi connectivity index (χ3v) is 2.69. The maximum Gasteiger partial charge on any atom is 0.222 e. The summed E-state index contributed by atoms with van der Waals surface area (Å²) in [4.78, 5) is 12.9. The van der Waals surface area contributed by atoms with E-state index in [9.17, 15) is 4.79 Å². The lowest BCUT2D eigenvalue weighted by atomic mass is 10.2. The second-order valence-electron chi connectivity index (χ2n) is 3.96. The standard InChI is InChI=1S/C13H15ClN2O2/c1-16(2)13(17)7-4-8-18-12-6-3-5-11(14)10(12)9-15/h3,5-6H,4,7-8H2,1-2H3. The van der Waals surface area contributed by atoms with Gasteiger partial charge in [0.25, 0.3) is 0 Å². The quantitative estimate of drug-likeness (QED) is 0.770. The topological polar surface area (TPSA) is 53.3 Å². The molecule has 18 heavy (non-hydrogen) atoms. The largest absolute Gasteiger partial charge is 0.492 e. The molecule has 0 aliphatic heterocycles. The molecule has 0 bridgehead atoms. The van der Waals surface area contributed by atoms with Gasteiger partial charge in [-0.15, -0.1) is 0 Å². The van der Waals surface area contributed by atoms with Crippen molar-refractivity contribution in [3.8, 4) is 11.8 Å². The van der Waals surface area contributed by atoms with Crippen LogP contribution in [-0.4, -0.2) is 31.5 Å². The molecule has 0 radical (unpaired) electrons. The van der Waals surface area contributed by atoms with E-state index in [1.165, 1.54) is 0 Å². The van der Waals surface area contributed by atoms with Crippen LogP contribution in [0.3, 0.4) is 0 Å². The molecule has 0 saturated carbocycles. The van der Waals surface area contributed by atoms with Gasteiger partial charge in [-0.2, -0.15) is 5.26 Å².